The SMILES string of the molecule is CC.NC1CCS(=O)(=O)CC1. The smallest absolute Gasteiger partial charge is 0.150 e. The molecule has 0 unspecified atom stereocenters. The molecule has 1 rings (SSSR count). The van der Waals surface area contributed by atoms with Crippen molar-refractivity contribution in [3.8, 4) is 0 Å². The summed E-state index contributed by atoms with van der Waals surface area (Å²) < 4.78 is 21.5. The molecule has 2 N–H and O–H groups in total. The van der Waals surface area contributed by atoms with E-state index in [1.165, 1.54) is 0 Å². The molecule has 0 aromatic carbocycles. The molecule has 1 aliphatic rings. The number of rotatable bonds is 0. The van der Waals surface area contributed by atoms with Crippen LogP contribution in [-0.2, 0) is 9.84 Å². The van der Waals surface area contributed by atoms with Crippen molar-refractivity contribution in [2.24, 2.45) is 5.73 Å². The summed E-state index contributed by atoms with van der Waals surface area (Å²) in [6.07, 6.45) is 1.28. The van der Waals surface area contributed by atoms with E-state index < -0.39 is 9.84 Å². The Morgan fingerprint density at radius 1 is 1.18 bits per heavy atom. The Bertz CT molecular complexity index is 173. The standard InChI is InChI=1S/C5H11NO2S.C2H6/c6-5-1-3-9(7,8)4-2-5;1-2/h5H,1-4,6H2;1-2H3. The molecule has 0 aromatic heterocycles. The fourth-order valence-corrected chi connectivity index (χ4v) is 2.44. The molecule has 68 valence electrons. The molecule has 1 saturated heterocycles. The van der Waals surface area contributed by atoms with Gasteiger partial charge in [0.1, 0.15) is 9.84 Å². The van der Waals surface area contributed by atoms with Crippen molar-refractivity contribution in [2.45, 2.75) is 32.7 Å². The second kappa shape index (κ2) is 4.72. The Morgan fingerprint density at radius 2 is 1.55 bits per heavy atom. The molecule has 11 heavy (non-hydrogen) atoms. The topological polar surface area (TPSA) is 60.2 Å². The van der Waals surface area contributed by atoms with Crippen LogP contribution in [0.4, 0.5) is 0 Å². The lowest BCUT2D eigenvalue weighted by Crippen LogP contribution is -2.32. The summed E-state index contributed by atoms with van der Waals surface area (Å²) in [6, 6.07) is 0.119. The molecule has 0 spiro atoms. The largest absolute Gasteiger partial charge is 0.328 e. The average Bonchev–Trinajstić information content (AvgIpc) is 2.00. The molecule has 0 bridgehead atoms. The van der Waals surface area contributed by atoms with Gasteiger partial charge in [0.15, 0.2) is 0 Å². The first-order chi connectivity index (χ1) is 5.10. The fourth-order valence-electron chi connectivity index (χ4n) is 0.908. The van der Waals surface area contributed by atoms with Gasteiger partial charge in [-0.05, 0) is 12.8 Å². The summed E-state index contributed by atoms with van der Waals surface area (Å²) in [4.78, 5) is 0. The lowest BCUT2D eigenvalue weighted by molar-refractivity contribution is 0.547. The van der Waals surface area contributed by atoms with E-state index in [4.69, 9.17) is 5.73 Å². The minimum absolute atomic E-state index is 0.119. The molecule has 4 heteroatoms. The highest BCUT2D eigenvalue weighted by atomic mass is 32.2. The van der Waals surface area contributed by atoms with Crippen molar-refractivity contribution < 1.29 is 8.42 Å². The number of sulfone groups is 1. The van der Waals surface area contributed by atoms with Crippen LogP contribution in [0.5, 0.6) is 0 Å². The summed E-state index contributed by atoms with van der Waals surface area (Å²) in [7, 11) is -2.70. The second-order valence-corrected chi connectivity index (χ2v) is 4.79. The van der Waals surface area contributed by atoms with E-state index in [2.05, 4.69) is 0 Å². The Labute approximate surface area is 68.9 Å². The average molecular weight is 179 g/mol. The maximum Gasteiger partial charge on any atom is 0.150 e. The van der Waals surface area contributed by atoms with Crippen molar-refractivity contribution in [3.05, 3.63) is 0 Å². The van der Waals surface area contributed by atoms with Gasteiger partial charge in [0.05, 0.1) is 11.5 Å². The van der Waals surface area contributed by atoms with E-state index in [1.807, 2.05) is 13.8 Å². The lowest BCUT2D eigenvalue weighted by Gasteiger charge is -2.16. The summed E-state index contributed by atoms with van der Waals surface area (Å²) in [5.41, 5.74) is 5.49. The van der Waals surface area contributed by atoms with E-state index in [-0.39, 0.29) is 17.5 Å². The Hall–Kier alpha value is -0.0900. The molecular formula is C7H17NO2S. The zero-order chi connectivity index (χ0) is 8.91. The molecule has 3 nitrogen and oxygen atoms in total. The van der Waals surface area contributed by atoms with Gasteiger partial charge in [-0.2, -0.15) is 0 Å². The summed E-state index contributed by atoms with van der Waals surface area (Å²) in [5.74, 6) is 0.572. The normalized spacial score (nSPS) is 23.5. The van der Waals surface area contributed by atoms with Crippen LogP contribution < -0.4 is 5.73 Å². The van der Waals surface area contributed by atoms with Crippen molar-refractivity contribution in [1.29, 1.82) is 0 Å². The monoisotopic (exact) mass is 179 g/mol. The summed E-state index contributed by atoms with van der Waals surface area (Å²) >= 11 is 0. The molecule has 0 saturated carbocycles. The van der Waals surface area contributed by atoms with E-state index in [1.54, 1.807) is 0 Å². The van der Waals surface area contributed by atoms with Gasteiger partial charge in [0.25, 0.3) is 0 Å². The van der Waals surface area contributed by atoms with Gasteiger partial charge in [0.2, 0.25) is 0 Å². The zero-order valence-corrected chi connectivity index (χ0v) is 8.02. The maximum absolute atomic E-state index is 10.7. The van der Waals surface area contributed by atoms with Gasteiger partial charge >= 0.3 is 0 Å². The van der Waals surface area contributed by atoms with Crippen LogP contribution in [0.25, 0.3) is 0 Å². The zero-order valence-electron chi connectivity index (χ0n) is 7.21. The van der Waals surface area contributed by atoms with Crippen LogP contribution in [-0.4, -0.2) is 26.0 Å². The van der Waals surface area contributed by atoms with E-state index >= 15 is 0 Å². The van der Waals surface area contributed by atoms with Gasteiger partial charge in [-0.3, -0.25) is 0 Å². The first-order valence-electron chi connectivity index (χ1n) is 4.06. The third-order valence-corrected chi connectivity index (χ3v) is 3.31. The quantitative estimate of drug-likeness (QED) is 0.590. The van der Waals surface area contributed by atoms with Crippen LogP contribution >= 0.6 is 0 Å². The van der Waals surface area contributed by atoms with Gasteiger partial charge in [-0.25, -0.2) is 8.42 Å². The second-order valence-electron chi connectivity index (χ2n) is 2.49. The van der Waals surface area contributed by atoms with Gasteiger partial charge in [-0.1, -0.05) is 13.8 Å². The minimum Gasteiger partial charge on any atom is -0.328 e. The highest BCUT2D eigenvalue weighted by Gasteiger charge is 2.20. The van der Waals surface area contributed by atoms with Crippen LogP contribution in [0.3, 0.4) is 0 Å². The van der Waals surface area contributed by atoms with Gasteiger partial charge in [0, 0.05) is 6.04 Å². The first kappa shape index (κ1) is 10.9. The Kier molecular flexibility index (Phi) is 4.68. The Balaban J connectivity index is 0.000000461. The summed E-state index contributed by atoms with van der Waals surface area (Å²) in [5, 5.41) is 0. The van der Waals surface area contributed by atoms with Crippen molar-refractivity contribution in [3.63, 3.8) is 0 Å². The van der Waals surface area contributed by atoms with Crippen molar-refractivity contribution in [1.82, 2.24) is 0 Å². The van der Waals surface area contributed by atoms with Crippen LogP contribution in [0, 0.1) is 0 Å². The van der Waals surface area contributed by atoms with Gasteiger partial charge < -0.3 is 5.73 Å². The molecule has 0 radical (unpaired) electrons. The lowest BCUT2D eigenvalue weighted by atomic mass is 10.2. The molecule has 0 aliphatic carbocycles. The molecular weight excluding hydrogens is 162 g/mol. The number of hydrogen-bond donors (Lipinski definition) is 1. The highest BCUT2D eigenvalue weighted by molar-refractivity contribution is 7.91. The van der Waals surface area contributed by atoms with E-state index in [0.29, 0.717) is 12.8 Å². The molecule has 0 atom stereocenters. The third kappa shape index (κ3) is 4.37. The van der Waals surface area contributed by atoms with Crippen molar-refractivity contribution in [2.75, 3.05) is 11.5 Å². The molecule has 1 aliphatic heterocycles. The van der Waals surface area contributed by atoms with Crippen molar-refractivity contribution >= 4 is 9.84 Å². The van der Waals surface area contributed by atoms with Crippen LogP contribution in [0.2, 0.25) is 0 Å². The predicted molar refractivity (Wildman–Crippen MR) is 47.2 cm³/mol. The molecule has 0 amide bonds. The van der Waals surface area contributed by atoms with E-state index in [9.17, 15) is 8.42 Å². The van der Waals surface area contributed by atoms with Gasteiger partial charge in [-0.15, -0.1) is 0 Å². The molecule has 1 heterocycles. The summed E-state index contributed by atoms with van der Waals surface area (Å²) in [6.45, 7) is 4.00. The number of hydrogen-bond acceptors (Lipinski definition) is 3. The minimum atomic E-state index is -2.70. The third-order valence-electron chi connectivity index (χ3n) is 1.60. The molecule has 0 aromatic rings. The maximum atomic E-state index is 10.7. The van der Waals surface area contributed by atoms with Crippen LogP contribution in [0.1, 0.15) is 26.7 Å². The highest BCUT2D eigenvalue weighted by Crippen LogP contribution is 2.09. The fraction of sp³-hybridized carbons (Fsp3) is 1.00. The molecule has 1 fully saturated rings. The van der Waals surface area contributed by atoms with Crippen LogP contribution in [0.15, 0.2) is 0 Å². The number of nitrogens with two attached hydrogens (primary N) is 1. The van der Waals surface area contributed by atoms with E-state index in [0.717, 1.165) is 0 Å². The Morgan fingerprint density at radius 3 is 1.82 bits per heavy atom. The first-order valence-corrected chi connectivity index (χ1v) is 5.88. The predicted octanol–water partition coefficient (Wildman–Crippen LogP) is 0.548.